The van der Waals surface area contributed by atoms with Crippen LogP contribution in [-0.4, -0.2) is 29.1 Å². The van der Waals surface area contributed by atoms with E-state index < -0.39 is 5.97 Å². The number of carboxylic acid groups (broad SMARTS) is 1. The van der Waals surface area contributed by atoms with Crippen molar-refractivity contribution >= 4 is 5.97 Å². The SMILES string of the molecule is CC(c1ccc(-c2ccccc2)cc1)N1CC(C(=O)O)C1. The van der Waals surface area contributed by atoms with Crippen LogP contribution in [0.25, 0.3) is 11.1 Å². The lowest BCUT2D eigenvalue weighted by atomic mass is 9.94. The van der Waals surface area contributed by atoms with E-state index in [9.17, 15) is 4.79 Å². The highest BCUT2D eigenvalue weighted by atomic mass is 16.4. The minimum Gasteiger partial charge on any atom is -0.481 e. The molecule has 1 aliphatic heterocycles. The number of aliphatic carboxylic acids is 1. The molecule has 3 rings (SSSR count). The molecule has 1 heterocycles. The van der Waals surface area contributed by atoms with Crippen molar-refractivity contribution in [3.05, 3.63) is 60.2 Å². The van der Waals surface area contributed by atoms with Crippen LogP contribution < -0.4 is 0 Å². The van der Waals surface area contributed by atoms with Crippen LogP contribution in [0.1, 0.15) is 18.5 Å². The number of carboxylic acids is 1. The van der Waals surface area contributed by atoms with E-state index in [0.717, 1.165) is 0 Å². The highest BCUT2D eigenvalue weighted by Crippen LogP contribution is 2.29. The molecule has 0 amide bonds. The van der Waals surface area contributed by atoms with E-state index in [2.05, 4.69) is 48.2 Å². The molecule has 0 saturated carbocycles. The normalized spacial score (nSPS) is 17.2. The highest BCUT2D eigenvalue weighted by Gasteiger charge is 2.35. The van der Waals surface area contributed by atoms with Crippen LogP contribution in [0.2, 0.25) is 0 Å². The van der Waals surface area contributed by atoms with Crippen molar-refractivity contribution < 1.29 is 9.90 Å². The van der Waals surface area contributed by atoms with Crippen molar-refractivity contribution in [3.8, 4) is 11.1 Å². The summed E-state index contributed by atoms with van der Waals surface area (Å²) in [7, 11) is 0. The van der Waals surface area contributed by atoms with Gasteiger partial charge in [0.25, 0.3) is 0 Å². The maximum absolute atomic E-state index is 10.9. The molecule has 1 atom stereocenters. The maximum atomic E-state index is 10.9. The van der Waals surface area contributed by atoms with Crippen molar-refractivity contribution in [1.82, 2.24) is 4.90 Å². The molecule has 0 bridgehead atoms. The van der Waals surface area contributed by atoms with Gasteiger partial charge in [0.05, 0.1) is 5.92 Å². The molecule has 1 aliphatic rings. The average molecular weight is 281 g/mol. The second-order valence-corrected chi connectivity index (χ2v) is 5.65. The van der Waals surface area contributed by atoms with E-state index in [1.165, 1.54) is 16.7 Å². The number of nitrogens with zero attached hydrogens (tertiary/aromatic N) is 1. The first-order chi connectivity index (χ1) is 10.1. The predicted octanol–water partition coefficient (Wildman–Crippen LogP) is 3.43. The van der Waals surface area contributed by atoms with Crippen LogP contribution in [0.5, 0.6) is 0 Å². The molecule has 0 aromatic heterocycles. The van der Waals surface area contributed by atoms with Crippen LogP contribution in [0.15, 0.2) is 54.6 Å². The monoisotopic (exact) mass is 281 g/mol. The standard InChI is InChI=1S/C18H19NO2/c1-13(19-11-17(12-19)18(20)21)14-7-9-16(10-8-14)15-5-3-2-4-6-15/h2-10,13,17H,11-12H2,1H3,(H,20,21). The Balaban J connectivity index is 1.69. The summed E-state index contributed by atoms with van der Waals surface area (Å²) in [5.41, 5.74) is 3.66. The lowest BCUT2D eigenvalue weighted by Gasteiger charge is -2.41. The fourth-order valence-electron chi connectivity index (χ4n) is 2.78. The first-order valence-corrected chi connectivity index (χ1v) is 7.27. The van der Waals surface area contributed by atoms with Crippen molar-refractivity contribution in [1.29, 1.82) is 0 Å². The average Bonchev–Trinajstić information content (AvgIpc) is 2.46. The summed E-state index contributed by atoms with van der Waals surface area (Å²) in [5.74, 6) is -0.881. The molecule has 1 fully saturated rings. The minimum atomic E-state index is -0.683. The number of likely N-dealkylation sites (tertiary alicyclic amines) is 1. The molecule has 0 spiro atoms. The number of hydrogen-bond acceptors (Lipinski definition) is 2. The Bertz CT molecular complexity index is 615. The maximum Gasteiger partial charge on any atom is 0.309 e. The summed E-state index contributed by atoms with van der Waals surface area (Å²) in [6.07, 6.45) is 0. The van der Waals surface area contributed by atoms with Gasteiger partial charge >= 0.3 is 5.97 Å². The summed E-state index contributed by atoms with van der Waals surface area (Å²) in [6.45, 7) is 3.43. The van der Waals surface area contributed by atoms with Gasteiger partial charge in [-0.3, -0.25) is 9.69 Å². The third-order valence-corrected chi connectivity index (χ3v) is 4.31. The van der Waals surface area contributed by atoms with E-state index in [4.69, 9.17) is 5.11 Å². The van der Waals surface area contributed by atoms with E-state index in [0.29, 0.717) is 13.1 Å². The van der Waals surface area contributed by atoms with Crippen molar-refractivity contribution in [2.24, 2.45) is 5.92 Å². The molecule has 0 radical (unpaired) electrons. The summed E-state index contributed by atoms with van der Waals surface area (Å²) in [5, 5.41) is 8.94. The molecule has 1 unspecified atom stereocenters. The summed E-state index contributed by atoms with van der Waals surface area (Å²) in [6, 6.07) is 19.1. The van der Waals surface area contributed by atoms with Gasteiger partial charge in [-0.2, -0.15) is 0 Å². The topological polar surface area (TPSA) is 40.5 Å². The lowest BCUT2D eigenvalue weighted by Crippen LogP contribution is -2.51. The van der Waals surface area contributed by atoms with E-state index in [-0.39, 0.29) is 12.0 Å². The molecular weight excluding hydrogens is 262 g/mol. The minimum absolute atomic E-state index is 0.198. The van der Waals surface area contributed by atoms with E-state index >= 15 is 0 Å². The summed E-state index contributed by atoms with van der Waals surface area (Å²) < 4.78 is 0. The lowest BCUT2D eigenvalue weighted by molar-refractivity contribution is -0.148. The zero-order chi connectivity index (χ0) is 14.8. The molecule has 2 aromatic rings. The fraction of sp³-hybridized carbons (Fsp3) is 0.278. The second-order valence-electron chi connectivity index (χ2n) is 5.65. The molecule has 0 aliphatic carbocycles. The van der Waals surface area contributed by atoms with E-state index in [1.54, 1.807) is 0 Å². The Labute approximate surface area is 124 Å². The Morgan fingerprint density at radius 3 is 2.19 bits per heavy atom. The van der Waals surface area contributed by atoms with Gasteiger partial charge in [-0.15, -0.1) is 0 Å². The smallest absolute Gasteiger partial charge is 0.309 e. The van der Waals surface area contributed by atoms with Gasteiger partial charge in [0, 0.05) is 19.1 Å². The molecule has 3 heteroatoms. The summed E-state index contributed by atoms with van der Waals surface area (Å²) in [4.78, 5) is 13.1. The van der Waals surface area contributed by atoms with Gasteiger partial charge in [0.15, 0.2) is 0 Å². The van der Waals surface area contributed by atoms with Crippen molar-refractivity contribution in [2.75, 3.05) is 13.1 Å². The van der Waals surface area contributed by atoms with Crippen LogP contribution in [0.3, 0.4) is 0 Å². The largest absolute Gasteiger partial charge is 0.481 e. The Hall–Kier alpha value is -2.13. The van der Waals surface area contributed by atoms with Gasteiger partial charge in [0.1, 0.15) is 0 Å². The third kappa shape index (κ3) is 2.83. The fourth-order valence-corrected chi connectivity index (χ4v) is 2.78. The Morgan fingerprint density at radius 2 is 1.62 bits per heavy atom. The van der Waals surface area contributed by atoms with Gasteiger partial charge in [-0.25, -0.2) is 0 Å². The quantitative estimate of drug-likeness (QED) is 0.933. The Morgan fingerprint density at radius 1 is 1.05 bits per heavy atom. The van der Waals surface area contributed by atoms with Gasteiger partial charge in [-0.05, 0) is 23.6 Å². The van der Waals surface area contributed by atoms with Crippen LogP contribution in [0.4, 0.5) is 0 Å². The van der Waals surface area contributed by atoms with Crippen LogP contribution in [-0.2, 0) is 4.79 Å². The molecule has 108 valence electrons. The highest BCUT2D eigenvalue weighted by molar-refractivity contribution is 5.71. The van der Waals surface area contributed by atoms with Crippen molar-refractivity contribution in [3.63, 3.8) is 0 Å². The zero-order valence-corrected chi connectivity index (χ0v) is 12.1. The first-order valence-electron chi connectivity index (χ1n) is 7.27. The number of rotatable bonds is 4. The first kappa shape index (κ1) is 13.8. The Kier molecular flexibility index (Phi) is 3.76. The molecule has 3 nitrogen and oxygen atoms in total. The molecule has 2 aromatic carbocycles. The van der Waals surface area contributed by atoms with E-state index in [1.807, 2.05) is 18.2 Å². The second kappa shape index (κ2) is 5.70. The summed E-state index contributed by atoms with van der Waals surface area (Å²) >= 11 is 0. The molecule has 1 N–H and O–H groups in total. The number of benzene rings is 2. The van der Waals surface area contributed by atoms with Gasteiger partial charge < -0.3 is 5.11 Å². The number of hydrogen-bond donors (Lipinski definition) is 1. The molecule has 1 saturated heterocycles. The zero-order valence-electron chi connectivity index (χ0n) is 12.1. The van der Waals surface area contributed by atoms with Gasteiger partial charge in [0.2, 0.25) is 0 Å². The number of carbonyl (C=O) groups is 1. The van der Waals surface area contributed by atoms with Gasteiger partial charge in [-0.1, -0.05) is 54.6 Å². The third-order valence-electron chi connectivity index (χ3n) is 4.31. The molecular formula is C18H19NO2. The van der Waals surface area contributed by atoms with Crippen LogP contribution >= 0.6 is 0 Å². The predicted molar refractivity (Wildman–Crippen MR) is 83.0 cm³/mol. The molecule has 21 heavy (non-hydrogen) atoms. The van der Waals surface area contributed by atoms with Crippen molar-refractivity contribution in [2.45, 2.75) is 13.0 Å². The van der Waals surface area contributed by atoms with Crippen LogP contribution in [0, 0.1) is 5.92 Å².